The molecule has 0 bridgehead atoms. The van der Waals surface area contributed by atoms with Crippen LogP contribution in [-0.2, 0) is 9.59 Å². The summed E-state index contributed by atoms with van der Waals surface area (Å²) in [5.41, 5.74) is 3.81. The molecule has 6 nitrogen and oxygen atoms in total. The number of likely N-dealkylation sites (tertiary alicyclic amines) is 1. The van der Waals surface area contributed by atoms with Crippen molar-refractivity contribution in [3.8, 4) is 0 Å². The van der Waals surface area contributed by atoms with Crippen LogP contribution in [0.3, 0.4) is 0 Å². The van der Waals surface area contributed by atoms with E-state index in [-0.39, 0.29) is 29.6 Å². The first-order valence-electron chi connectivity index (χ1n) is 9.73. The lowest BCUT2D eigenvalue weighted by atomic mass is 9.80. The number of anilines is 1. The van der Waals surface area contributed by atoms with E-state index in [1.807, 2.05) is 17.1 Å². The quantitative estimate of drug-likeness (QED) is 0.817. The van der Waals surface area contributed by atoms with Crippen LogP contribution in [0.1, 0.15) is 43.0 Å². The van der Waals surface area contributed by atoms with Crippen LogP contribution < -0.4 is 10.4 Å². The number of nitrogens with one attached hydrogen (secondary N) is 1. The van der Waals surface area contributed by atoms with Gasteiger partial charge in [-0.15, -0.1) is 0 Å². The lowest BCUT2D eigenvalue weighted by Crippen LogP contribution is -2.59. The van der Waals surface area contributed by atoms with Crippen LogP contribution in [0.15, 0.2) is 36.4 Å². The summed E-state index contributed by atoms with van der Waals surface area (Å²) < 4.78 is 0. The normalized spacial score (nSPS) is 28.0. The van der Waals surface area contributed by atoms with E-state index in [4.69, 9.17) is 0 Å². The minimum absolute atomic E-state index is 0.0161. The Morgan fingerprint density at radius 3 is 2.70 bits per heavy atom. The molecule has 0 unspecified atom stereocenters. The Morgan fingerprint density at radius 1 is 1.15 bits per heavy atom. The monoisotopic (exact) mass is 367 g/mol. The van der Waals surface area contributed by atoms with Crippen LogP contribution in [0.2, 0.25) is 0 Å². The number of allylic oxidation sites excluding steroid dienone is 2. The molecular weight excluding hydrogens is 342 g/mol. The van der Waals surface area contributed by atoms with Crippen LogP contribution in [0.4, 0.5) is 5.69 Å². The van der Waals surface area contributed by atoms with Crippen LogP contribution in [-0.4, -0.2) is 35.7 Å². The molecule has 3 atom stereocenters. The summed E-state index contributed by atoms with van der Waals surface area (Å²) >= 11 is 0. The summed E-state index contributed by atoms with van der Waals surface area (Å²) in [6.07, 6.45) is 7.27. The second-order valence-electron chi connectivity index (χ2n) is 7.85. The molecule has 2 fully saturated rings. The molecule has 2 heterocycles. The second kappa shape index (κ2) is 7.18. The Balaban J connectivity index is 1.57. The molecule has 27 heavy (non-hydrogen) atoms. The van der Waals surface area contributed by atoms with E-state index < -0.39 is 0 Å². The minimum atomic E-state index is -0.328. The predicted molar refractivity (Wildman–Crippen MR) is 102 cm³/mol. The zero-order valence-corrected chi connectivity index (χ0v) is 15.6. The van der Waals surface area contributed by atoms with Gasteiger partial charge in [-0.2, -0.15) is 0 Å². The topological polar surface area (TPSA) is 69.7 Å². The average molecular weight is 367 g/mol. The van der Waals surface area contributed by atoms with Gasteiger partial charge in [-0.1, -0.05) is 25.1 Å². The van der Waals surface area contributed by atoms with Gasteiger partial charge in [0.1, 0.15) is 0 Å². The van der Waals surface area contributed by atoms with Gasteiger partial charge in [0.2, 0.25) is 11.8 Å². The smallest absolute Gasteiger partial charge is 0.253 e. The Morgan fingerprint density at radius 2 is 1.93 bits per heavy atom. The molecule has 1 aromatic carbocycles. The number of hydrazine groups is 1. The van der Waals surface area contributed by atoms with E-state index in [2.05, 4.69) is 12.3 Å². The molecule has 1 N–H and O–H groups in total. The van der Waals surface area contributed by atoms with Crippen molar-refractivity contribution in [3.63, 3.8) is 0 Å². The van der Waals surface area contributed by atoms with Crippen molar-refractivity contribution in [3.05, 3.63) is 42.0 Å². The van der Waals surface area contributed by atoms with E-state index in [0.29, 0.717) is 30.0 Å². The highest BCUT2D eigenvalue weighted by atomic mass is 16.2. The molecule has 1 aliphatic carbocycles. The van der Waals surface area contributed by atoms with Gasteiger partial charge in [0.25, 0.3) is 5.91 Å². The van der Waals surface area contributed by atoms with Crippen molar-refractivity contribution >= 4 is 23.4 Å². The molecule has 2 aliphatic heterocycles. The van der Waals surface area contributed by atoms with Crippen LogP contribution in [0.25, 0.3) is 0 Å². The number of rotatable bonds is 2. The number of hydrogen-bond acceptors (Lipinski definition) is 3. The Labute approximate surface area is 159 Å². The SMILES string of the molecule is C[C@@H]1CCCN(C(=O)c2cccc(N3NC(=O)[C@@H]4CC=CC[C@@H]4C3=O)c2)C1. The van der Waals surface area contributed by atoms with E-state index in [0.717, 1.165) is 25.9 Å². The molecular formula is C21H25N3O3. The third kappa shape index (κ3) is 3.36. The van der Waals surface area contributed by atoms with Crippen LogP contribution in [0.5, 0.6) is 0 Å². The Hall–Kier alpha value is -2.63. The third-order valence-electron chi connectivity index (χ3n) is 5.82. The highest BCUT2D eigenvalue weighted by molar-refractivity contribution is 6.05. The summed E-state index contributed by atoms with van der Waals surface area (Å²) in [6.45, 7) is 3.69. The lowest BCUT2D eigenvalue weighted by Gasteiger charge is -2.38. The van der Waals surface area contributed by atoms with Crippen molar-refractivity contribution < 1.29 is 14.4 Å². The fraction of sp³-hybridized carbons (Fsp3) is 0.476. The first-order valence-corrected chi connectivity index (χ1v) is 9.73. The maximum absolute atomic E-state index is 12.9. The number of piperidine rings is 1. The average Bonchev–Trinajstić information content (AvgIpc) is 2.70. The molecule has 2 saturated heterocycles. The van der Waals surface area contributed by atoms with E-state index in [9.17, 15) is 14.4 Å². The molecule has 6 heteroatoms. The summed E-state index contributed by atoms with van der Waals surface area (Å²) in [7, 11) is 0. The van der Waals surface area contributed by atoms with Gasteiger partial charge < -0.3 is 4.90 Å². The molecule has 3 aliphatic rings. The summed E-state index contributed by atoms with van der Waals surface area (Å²) in [5.74, 6) is -0.377. The number of fused-ring (bicyclic) bond motifs is 1. The van der Waals surface area contributed by atoms with Crippen LogP contribution in [0, 0.1) is 17.8 Å². The van der Waals surface area contributed by atoms with Gasteiger partial charge in [-0.25, -0.2) is 5.01 Å². The molecule has 0 saturated carbocycles. The van der Waals surface area contributed by atoms with Crippen molar-refractivity contribution in [2.75, 3.05) is 18.1 Å². The first-order chi connectivity index (χ1) is 13.0. The molecule has 1 aromatic rings. The number of hydrogen-bond donors (Lipinski definition) is 1. The zero-order chi connectivity index (χ0) is 19.0. The van der Waals surface area contributed by atoms with E-state index in [1.54, 1.807) is 24.3 Å². The number of nitrogens with zero attached hydrogens (tertiary/aromatic N) is 2. The molecule has 4 rings (SSSR count). The highest BCUT2D eigenvalue weighted by Gasteiger charge is 2.42. The number of benzene rings is 1. The fourth-order valence-electron chi connectivity index (χ4n) is 4.32. The van der Waals surface area contributed by atoms with Gasteiger partial charge in [0, 0.05) is 18.7 Å². The number of carbonyl (C=O) groups excluding carboxylic acids is 3. The zero-order valence-electron chi connectivity index (χ0n) is 15.6. The molecule has 0 spiro atoms. The maximum Gasteiger partial charge on any atom is 0.253 e. The van der Waals surface area contributed by atoms with E-state index >= 15 is 0 Å². The Bertz CT molecular complexity index is 804. The van der Waals surface area contributed by atoms with Crippen molar-refractivity contribution in [2.45, 2.75) is 32.6 Å². The first kappa shape index (κ1) is 17.8. The van der Waals surface area contributed by atoms with Crippen molar-refractivity contribution in [1.82, 2.24) is 10.3 Å². The summed E-state index contributed by atoms with van der Waals surface area (Å²) in [4.78, 5) is 40.1. The second-order valence-corrected chi connectivity index (χ2v) is 7.85. The van der Waals surface area contributed by atoms with E-state index in [1.165, 1.54) is 5.01 Å². The lowest BCUT2D eigenvalue weighted by molar-refractivity contribution is -0.139. The van der Waals surface area contributed by atoms with Gasteiger partial charge >= 0.3 is 0 Å². The van der Waals surface area contributed by atoms with Crippen molar-refractivity contribution in [2.24, 2.45) is 17.8 Å². The molecule has 0 radical (unpaired) electrons. The summed E-state index contributed by atoms with van der Waals surface area (Å²) in [5, 5.41) is 1.32. The number of carbonyl (C=O) groups is 3. The number of amides is 3. The van der Waals surface area contributed by atoms with Crippen LogP contribution >= 0.6 is 0 Å². The third-order valence-corrected chi connectivity index (χ3v) is 5.82. The van der Waals surface area contributed by atoms with Crippen molar-refractivity contribution in [1.29, 1.82) is 0 Å². The largest absolute Gasteiger partial charge is 0.338 e. The molecule has 142 valence electrons. The van der Waals surface area contributed by atoms with Gasteiger partial charge in [0.15, 0.2) is 0 Å². The summed E-state index contributed by atoms with van der Waals surface area (Å²) in [6, 6.07) is 7.00. The standard InChI is InChI=1S/C21H25N3O3/c1-14-6-5-11-23(13-14)20(26)15-7-4-8-16(12-15)24-21(27)18-10-3-2-9-17(18)19(25)22-24/h2-4,7-8,12,14,17-18H,5-6,9-11,13H2,1H3,(H,22,25)/t14-,17-,18+/m1/s1. The Kier molecular flexibility index (Phi) is 4.72. The van der Waals surface area contributed by atoms with Gasteiger partial charge in [0.05, 0.1) is 17.5 Å². The van der Waals surface area contributed by atoms with Gasteiger partial charge in [-0.3, -0.25) is 19.8 Å². The predicted octanol–water partition coefficient (Wildman–Crippen LogP) is 2.52. The molecule has 0 aromatic heterocycles. The maximum atomic E-state index is 12.9. The highest BCUT2D eigenvalue weighted by Crippen LogP contribution is 2.32. The fourth-order valence-corrected chi connectivity index (χ4v) is 4.32. The van der Waals surface area contributed by atoms with Gasteiger partial charge in [-0.05, 0) is 49.8 Å². The molecule has 3 amide bonds. The minimum Gasteiger partial charge on any atom is -0.338 e.